The van der Waals surface area contributed by atoms with E-state index in [1.165, 1.54) is 0 Å². The van der Waals surface area contributed by atoms with E-state index in [2.05, 4.69) is 20.9 Å². The normalized spacial score (nSPS) is 11.9. The highest BCUT2D eigenvalue weighted by molar-refractivity contribution is 9.10. The number of benzene rings is 2. The molecule has 0 radical (unpaired) electrons. The number of aromatic amines is 1. The van der Waals surface area contributed by atoms with Crippen LogP contribution in [0.2, 0.25) is 5.15 Å². The van der Waals surface area contributed by atoms with Crippen molar-refractivity contribution in [2.45, 2.75) is 9.79 Å². The van der Waals surface area contributed by atoms with Crippen molar-refractivity contribution < 1.29 is 8.42 Å². The second-order valence-electron chi connectivity index (χ2n) is 4.27. The molecule has 3 nitrogen and oxygen atoms in total. The number of hydrogen-bond acceptors (Lipinski definition) is 2. The van der Waals surface area contributed by atoms with Gasteiger partial charge in [-0.15, -0.1) is 0 Å². The van der Waals surface area contributed by atoms with Crippen LogP contribution in [0.25, 0.3) is 10.9 Å². The summed E-state index contributed by atoms with van der Waals surface area (Å²) in [6.07, 6.45) is 0. The van der Waals surface area contributed by atoms with Crippen LogP contribution in [-0.4, -0.2) is 13.4 Å². The van der Waals surface area contributed by atoms with E-state index in [0.717, 1.165) is 0 Å². The van der Waals surface area contributed by atoms with E-state index in [-0.39, 0.29) is 14.9 Å². The molecular formula is C14H9BrClNO2S. The lowest BCUT2D eigenvalue weighted by Crippen LogP contribution is -2.01. The Hall–Kier alpha value is -1.30. The molecule has 1 N–H and O–H groups in total. The van der Waals surface area contributed by atoms with E-state index < -0.39 is 9.84 Å². The lowest BCUT2D eigenvalue weighted by Gasteiger charge is -2.04. The smallest absolute Gasteiger partial charge is 0.210 e. The Balaban J connectivity index is 2.32. The largest absolute Gasteiger partial charge is 0.344 e. The number of halogens is 2. The van der Waals surface area contributed by atoms with E-state index in [9.17, 15) is 8.42 Å². The second-order valence-corrected chi connectivity index (χ2v) is 7.45. The second kappa shape index (κ2) is 4.91. The van der Waals surface area contributed by atoms with E-state index in [1.54, 1.807) is 42.5 Å². The molecule has 0 saturated heterocycles. The van der Waals surface area contributed by atoms with Crippen molar-refractivity contribution in [2.24, 2.45) is 0 Å². The average Bonchev–Trinajstić information content (AvgIpc) is 2.75. The molecular weight excluding hydrogens is 362 g/mol. The summed E-state index contributed by atoms with van der Waals surface area (Å²) in [5.74, 6) is 0. The maximum Gasteiger partial charge on any atom is 0.210 e. The van der Waals surface area contributed by atoms with E-state index >= 15 is 0 Å². The number of fused-ring (bicyclic) bond motifs is 1. The van der Waals surface area contributed by atoms with E-state index in [0.29, 0.717) is 15.4 Å². The lowest BCUT2D eigenvalue weighted by molar-refractivity contribution is 0.597. The van der Waals surface area contributed by atoms with Crippen molar-refractivity contribution in [3.05, 3.63) is 58.2 Å². The SMILES string of the molecule is O=S(=O)(c1cccc(Br)c1)c1c(Cl)[nH]c2ccccc12. The summed E-state index contributed by atoms with van der Waals surface area (Å²) in [5, 5.41) is 0.726. The lowest BCUT2D eigenvalue weighted by atomic mass is 10.2. The zero-order valence-electron chi connectivity index (χ0n) is 10.1. The summed E-state index contributed by atoms with van der Waals surface area (Å²) >= 11 is 9.38. The van der Waals surface area contributed by atoms with Gasteiger partial charge >= 0.3 is 0 Å². The van der Waals surface area contributed by atoms with Gasteiger partial charge in [0.25, 0.3) is 0 Å². The minimum atomic E-state index is -3.67. The molecule has 0 amide bonds. The molecule has 102 valence electrons. The summed E-state index contributed by atoms with van der Waals surface area (Å²) in [7, 11) is -3.67. The van der Waals surface area contributed by atoms with Crippen LogP contribution < -0.4 is 0 Å². The van der Waals surface area contributed by atoms with Gasteiger partial charge in [-0.1, -0.05) is 51.8 Å². The van der Waals surface area contributed by atoms with Crippen LogP contribution in [0.4, 0.5) is 0 Å². The van der Waals surface area contributed by atoms with Crippen molar-refractivity contribution in [3.63, 3.8) is 0 Å². The van der Waals surface area contributed by atoms with Gasteiger partial charge in [-0.3, -0.25) is 0 Å². The fourth-order valence-electron chi connectivity index (χ4n) is 2.10. The Morgan fingerprint density at radius 1 is 1.05 bits per heavy atom. The number of H-pyrrole nitrogens is 1. The summed E-state index contributed by atoms with van der Waals surface area (Å²) < 4.78 is 26.2. The fourth-order valence-corrected chi connectivity index (χ4v) is 4.69. The average molecular weight is 371 g/mol. The maximum atomic E-state index is 12.8. The van der Waals surface area contributed by atoms with Crippen molar-refractivity contribution >= 4 is 48.3 Å². The summed E-state index contributed by atoms with van der Waals surface area (Å²) in [5.41, 5.74) is 0.700. The first-order valence-electron chi connectivity index (χ1n) is 5.77. The standard InChI is InChI=1S/C14H9BrClNO2S/c15-9-4-3-5-10(8-9)20(18,19)13-11-6-1-2-7-12(11)17-14(13)16/h1-8,17H. The number of sulfone groups is 1. The van der Waals surface area contributed by atoms with Crippen molar-refractivity contribution in [3.8, 4) is 0 Å². The summed E-state index contributed by atoms with van der Waals surface area (Å²) in [6, 6.07) is 13.7. The monoisotopic (exact) mass is 369 g/mol. The van der Waals surface area contributed by atoms with Gasteiger partial charge < -0.3 is 4.98 Å². The third-order valence-electron chi connectivity index (χ3n) is 2.99. The van der Waals surface area contributed by atoms with E-state index in [4.69, 9.17) is 11.6 Å². The molecule has 2 aromatic carbocycles. The summed E-state index contributed by atoms with van der Waals surface area (Å²) in [6.45, 7) is 0. The van der Waals surface area contributed by atoms with Crippen LogP contribution in [0.3, 0.4) is 0 Å². The van der Waals surface area contributed by atoms with Crippen LogP contribution in [0.15, 0.2) is 62.8 Å². The van der Waals surface area contributed by atoms with Gasteiger partial charge in [0.1, 0.15) is 10.0 Å². The molecule has 3 rings (SSSR count). The predicted molar refractivity (Wildman–Crippen MR) is 82.9 cm³/mol. The Morgan fingerprint density at radius 3 is 2.55 bits per heavy atom. The van der Waals surface area contributed by atoms with Gasteiger partial charge in [0.05, 0.1) is 4.90 Å². The van der Waals surface area contributed by atoms with E-state index in [1.807, 2.05) is 6.07 Å². The van der Waals surface area contributed by atoms with Crippen LogP contribution in [0, 0.1) is 0 Å². The van der Waals surface area contributed by atoms with Gasteiger partial charge in [0, 0.05) is 15.4 Å². The first-order valence-corrected chi connectivity index (χ1v) is 8.42. The number of para-hydroxylation sites is 1. The maximum absolute atomic E-state index is 12.8. The molecule has 0 aliphatic heterocycles. The minimum Gasteiger partial charge on any atom is -0.344 e. The van der Waals surface area contributed by atoms with Crippen molar-refractivity contribution in [1.82, 2.24) is 4.98 Å². The van der Waals surface area contributed by atoms with Gasteiger partial charge in [-0.05, 0) is 24.3 Å². The van der Waals surface area contributed by atoms with Crippen LogP contribution in [-0.2, 0) is 9.84 Å². The Kier molecular flexibility index (Phi) is 3.36. The predicted octanol–water partition coefficient (Wildman–Crippen LogP) is 4.42. The number of hydrogen-bond donors (Lipinski definition) is 1. The molecule has 0 spiro atoms. The molecule has 6 heteroatoms. The molecule has 3 aromatic rings. The van der Waals surface area contributed by atoms with Crippen LogP contribution >= 0.6 is 27.5 Å². The van der Waals surface area contributed by atoms with Crippen LogP contribution in [0.1, 0.15) is 0 Å². The molecule has 20 heavy (non-hydrogen) atoms. The fraction of sp³-hybridized carbons (Fsp3) is 0. The molecule has 0 saturated carbocycles. The number of rotatable bonds is 2. The zero-order valence-corrected chi connectivity index (χ0v) is 13.3. The topological polar surface area (TPSA) is 49.9 Å². The molecule has 0 atom stereocenters. The third-order valence-corrected chi connectivity index (χ3v) is 5.72. The number of aromatic nitrogens is 1. The quantitative estimate of drug-likeness (QED) is 0.726. The first-order chi connectivity index (χ1) is 9.50. The zero-order chi connectivity index (χ0) is 14.3. The molecule has 1 heterocycles. The molecule has 0 fully saturated rings. The van der Waals surface area contributed by atoms with Crippen molar-refractivity contribution in [1.29, 1.82) is 0 Å². The van der Waals surface area contributed by atoms with Gasteiger partial charge in [-0.2, -0.15) is 0 Å². The Morgan fingerprint density at radius 2 is 1.80 bits per heavy atom. The van der Waals surface area contributed by atoms with Gasteiger partial charge in [-0.25, -0.2) is 8.42 Å². The Labute approximate surface area is 129 Å². The Bertz CT molecular complexity index is 902. The number of nitrogens with one attached hydrogen (secondary N) is 1. The molecule has 0 bridgehead atoms. The molecule has 1 aromatic heterocycles. The third kappa shape index (κ3) is 2.16. The first kappa shape index (κ1) is 13.7. The highest BCUT2D eigenvalue weighted by Crippen LogP contribution is 2.34. The highest BCUT2D eigenvalue weighted by Gasteiger charge is 2.25. The molecule has 0 aliphatic rings. The molecule has 0 unspecified atom stereocenters. The van der Waals surface area contributed by atoms with Crippen LogP contribution in [0.5, 0.6) is 0 Å². The highest BCUT2D eigenvalue weighted by atomic mass is 79.9. The minimum absolute atomic E-state index is 0.118. The van der Waals surface area contributed by atoms with Gasteiger partial charge in [0.2, 0.25) is 9.84 Å². The molecule has 0 aliphatic carbocycles. The van der Waals surface area contributed by atoms with Crippen molar-refractivity contribution in [2.75, 3.05) is 0 Å². The van der Waals surface area contributed by atoms with Gasteiger partial charge in [0.15, 0.2) is 0 Å². The summed E-state index contributed by atoms with van der Waals surface area (Å²) in [4.78, 5) is 3.22.